The minimum absolute atomic E-state index is 0.113. The van der Waals surface area contributed by atoms with Gasteiger partial charge in [0.2, 0.25) is 0 Å². The molecule has 1 heteroatoms. The van der Waals surface area contributed by atoms with Crippen LogP contribution >= 0.6 is 0 Å². The normalized spacial score (nSPS) is 15.4. The first-order valence-corrected chi connectivity index (χ1v) is 6.34. The Labute approximate surface area is 89.9 Å². The van der Waals surface area contributed by atoms with E-state index in [-0.39, 0.29) is 6.10 Å². The van der Waals surface area contributed by atoms with E-state index in [1.807, 2.05) is 6.92 Å². The predicted molar refractivity (Wildman–Crippen MR) is 63.5 cm³/mol. The number of hydrogen-bond acceptors (Lipinski definition) is 1. The molecule has 0 saturated carbocycles. The molecule has 0 rings (SSSR count). The van der Waals surface area contributed by atoms with Crippen LogP contribution in [0, 0.1) is 5.92 Å². The molecule has 14 heavy (non-hydrogen) atoms. The van der Waals surface area contributed by atoms with Crippen molar-refractivity contribution in [2.75, 3.05) is 0 Å². The zero-order valence-corrected chi connectivity index (χ0v) is 10.3. The highest BCUT2D eigenvalue weighted by Crippen LogP contribution is 2.16. The van der Waals surface area contributed by atoms with Crippen molar-refractivity contribution in [2.45, 2.75) is 78.2 Å². The number of aliphatic hydroxyl groups is 1. The molecule has 0 heterocycles. The van der Waals surface area contributed by atoms with Crippen molar-refractivity contribution in [3.05, 3.63) is 0 Å². The minimum Gasteiger partial charge on any atom is -0.393 e. The van der Waals surface area contributed by atoms with Crippen LogP contribution in [-0.4, -0.2) is 11.2 Å². The zero-order chi connectivity index (χ0) is 10.8. The van der Waals surface area contributed by atoms with E-state index in [1.165, 1.54) is 44.9 Å². The first kappa shape index (κ1) is 14.0. The molecule has 0 aromatic rings. The third-order valence-corrected chi connectivity index (χ3v) is 2.88. The van der Waals surface area contributed by atoms with Gasteiger partial charge in [-0.25, -0.2) is 0 Å². The van der Waals surface area contributed by atoms with Crippen LogP contribution < -0.4 is 0 Å². The van der Waals surface area contributed by atoms with Crippen LogP contribution in [0.3, 0.4) is 0 Å². The van der Waals surface area contributed by atoms with Crippen molar-refractivity contribution in [1.29, 1.82) is 0 Å². The summed E-state index contributed by atoms with van der Waals surface area (Å²) in [5.74, 6) is 0.797. The van der Waals surface area contributed by atoms with E-state index in [2.05, 4.69) is 13.8 Å². The molecule has 0 aromatic carbocycles. The van der Waals surface area contributed by atoms with Crippen molar-refractivity contribution in [3.63, 3.8) is 0 Å². The molecule has 0 spiro atoms. The summed E-state index contributed by atoms with van der Waals surface area (Å²) in [4.78, 5) is 0. The van der Waals surface area contributed by atoms with Gasteiger partial charge >= 0.3 is 0 Å². The van der Waals surface area contributed by atoms with Crippen LogP contribution in [-0.2, 0) is 0 Å². The maximum Gasteiger partial charge on any atom is 0.0512 e. The molecule has 0 bridgehead atoms. The topological polar surface area (TPSA) is 20.2 Å². The molecule has 0 saturated heterocycles. The summed E-state index contributed by atoms with van der Waals surface area (Å²) in [5, 5.41) is 9.14. The van der Waals surface area contributed by atoms with E-state index < -0.39 is 0 Å². The van der Waals surface area contributed by atoms with E-state index in [0.717, 1.165) is 12.3 Å². The Hall–Kier alpha value is -0.0400. The fourth-order valence-corrected chi connectivity index (χ4v) is 1.77. The summed E-state index contributed by atoms with van der Waals surface area (Å²) in [7, 11) is 0. The second kappa shape index (κ2) is 9.51. The first-order chi connectivity index (χ1) is 6.66. The van der Waals surface area contributed by atoms with Gasteiger partial charge in [0.1, 0.15) is 0 Å². The van der Waals surface area contributed by atoms with Crippen molar-refractivity contribution in [3.8, 4) is 0 Å². The molecule has 1 N–H and O–H groups in total. The van der Waals surface area contributed by atoms with Gasteiger partial charge in [0.05, 0.1) is 6.10 Å². The van der Waals surface area contributed by atoms with Gasteiger partial charge in [-0.1, -0.05) is 52.4 Å². The lowest BCUT2D eigenvalue weighted by Gasteiger charge is -2.12. The molecule has 0 aromatic heterocycles. The Morgan fingerprint density at radius 2 is 1.50 bits per heavy atom. The Bertz CT molecular complexity index is 110. The molecule has 1 nitrogen and oxygen atoms in total. The quantitative estimate of drug-likeness (QED) is 0.554. The fourth-order valence-electron chi connectivity index (χ4n) is 1.77. The van der Waals surface area contributed by atoms with Crippen molar-refractivity contribution in [2.24, 2.45) is 5.92 Å². The Morgan fingerprint density at radius 1 is 0.857 bits per heavy atom. The maximum absolute atomic E-state index is 9.14. The molecule has 2 atom stereocenters. The molecule has 0 aliphatic rings. The fraction of sp³-hybridized carbons (Fsp3) is 1.00. The summed E-state index contributed by atoms with van der Waals surface area (Å²) >= 11 is 0. The zero-order valence-electron chi connectivity index (χ0n) is 10.3. The van der Waals surface area contributed by atoms with Gasteiger partial charge in [-0.2, -0.15) is 0 Å². The maximum atomic E-state index is 9.14. The van der Waals surface area contributed by atoms with Gasteiger partial charge in [0, 0.05) is 0 Å². The van der Waals surface area contributed by atoms with E-state index >= 15 is 0 Å². The smallest absolute Gasteiger partial charge is 0.0512 e. The van der Waals surface area contributed by atoms with Crippen LogP contribution in [0.15, 0.2) is 0 Å². The monoisotopic (exact) mass is 200 g/mol. The Kier molecular flexibility index (Phi) is 9.49. The molecule has 0 aliphatic carbocycles. The molecule has 0 fully saturated rings. The molecular formula is C13H28O. The molecule has 0 amide bonds. The number of hydrogen-bond donors (Lipinski definition) is 1. The largest absolute Gasteiger partial charge is 0.393 e. The average Bonchev–Trinajstić information content (AvgIpc) is 2.14. The lowest BCUT2D eigenvalue weighted by atomic mass is 9.96. The molecule has 0 aliphatic heterocycles. The second-order valence-corrected chi connectivity index (χ2v) is 4.73. The summed E-state index contributed by atoms with van der Waals surface area (Å²) in [6, 6.07) is 0. The van der Waals surface area contributed by atoms with Crippen LogP contribution in [0.4, 0.5) is 0 Å². The van der Waals surface area contributed by atoms with Gasteiger partial charge < -0.3 is 5.11 Å². The Morgan fingerprint density at radius 3 is 2.07 bits per heavy atom. The molecule has 0 radical (unpaired) electrons. The summed E-state index contributed by atoms with van der Waals surface area (Å²) in [6.45, 7) is 6.45. The SMILES string of the molecule is CCCCCCCC(C)CCC(C)O. The standard InChI is InChI=1S/C13H28O/c1-4-5-6-7-8-9-12(2)10-11-13(3)14/h12-14H,4-11H2,1-3H3. The van der Waals surface area contributed by atoms with E-state index in [1.54, 1.807) is 0 Å². The first-order valence-electron chi connectivity index (χ1n) is 6.34. The highest BCUT2D eigenvalue weighted by atomic mass is 16.3. The van der Waals surface area contributed by atoms with Crippen LogP contribution in [0.25, 0.3) is 0 Å². The highest BCUT2D eigenvalue weighted by molar-refractivity contribution is 4.57. The Balaban J connectivity index is 3.14. The molecule has 2 unspecified atom stereocenters. The minimum atomic E-state index is -0.113. The number of aliphatic hydroxyl groups excluding tert-OH is 1. The lowest BCUT2D eigenvalue weighted by Crippen LogP contribution is -2.03. The third kappa shape index (κ3) is 10.0. The molecule has 86 valence electrons. The van der Waals surface area contributed by atoms with E-state index in [4.69, 9.17) is 5.11 Å². The van der Waals surface area contributed by atoms with Gasteiger partial charge in [-0.15, -0.1) is 0 Å². The van der Waals surface area contributed by atoms with Crippen molar-refractivity contribution < 1.29 is 5.11 Å². The van der Waals surface area contributed by atoms with E-state index in [0.29, 0.717) is 0 Å². The van der Waals surface area contributed by atoms with Gasteiger partial charge in [0.25, 0.3) is 0 Å². The van der Waals surface area contributed by atoms with Crippen LogP contribution in [0.2, 0.25) is 0 Å². The van der Waals surface area contributed by atoms with Gasteiger partial charge in [0.15, 0.2) is 0 Å². The number of unbranched alkanes of at least 4 members (excludes halogenated alkanes) is 4. The summed E-state index contributed by atoms with van der Waals surface area (Å²) in [5.41, 5.74) is 0. The van der Waals surface area contributed by atoms with E-state index in [9.17, 15) is 0 Å². The van der Waals surface area contributed by atoms with Crippen molar-refractivity contribution in [1.82, 2.24) is 0 Å². The summed E-state index contributed by atoms with van der Waals surface area (Å²) < 4.78 is 0. The van der Waals surface area contributed by atoms with Crippen LogP contribution in [0.5, 0.6) is 0 Å². The molecular weight excluding hydrogens is 172 g/mol. The van der Waals surface area contributed by atoms with Gasteiger partial charge in [-0.3, -0.25) is 0 Å². The highest BCUT2D eigenvalue weighted by Gasteiger charge is 2.03. The third-order valence-electron chi connectivity index (χ3n) is 2.88. The van der Waals surface area contributed by atoms with Crippen LogP contribution in [0.1, 0.15) is 72.1 Å². The second-order valence-electron chi connectivity index (χ2n) is 4.73. The van der Waals surface area contributed by atoms with Gasteiger partial charge in [-0.05, 0) is 25.7 Å². The summed E-state index contributed by atoms with van der Waals surface area (Å²) in [6.07, 6.45) is 10.3. The predicted octanol–water partition coefficient (Wildman–Crippen LogP) is 4.14. The number of rotatable bonds is 9. The average molecular weight is 200 g/mol. The lowest BCUT2D eigenvalue weighted by molar-refractivity contribution is 0.173. The van der Waals surface area contributed by atoms with Crippen molar-refractivity contribution >= 4 is 0 Å².